The Hall–Kier alpha value is -2.74. The van der Waals surface area contributed by atoms with Gasteiger partial charge >= 0.3 is 0 Å². The molecule has 0 spiro atoms. The van der Waals surface area contributed by atoms with E-state index in [-0.39, 0.29) is 17.3 Å². The number of nitro groups is 1. The van der Waals surface area contributed by atoms with Crippen molar-refractivity contribution in [1.29, 1.82) is 0 Å². The summed E-state index contributed by atoms with van der Waals surface area (Å²) in [5.41, 5.74) is 0.571. The minimum absolute atomic E-state index is 0.0530. The second-order valence-electron chi connectivity index (χ2n) is 6.11. The van der Waals surface area contributed by atoms with Crippen LogP contribution >= 0.6 is 0 Å². The van der Waals surface area contributed by atoms with Gasteiger partial charge in [0.25, 0.3) is 11.6 Å². The molecule has 2 heterocycles. The maximum atomic E-state index is 12.7. The normalized spacial score (nSPS) is 17.5. The van der Waals surface area contributed by atoms with Gasteiger partial charge in [0.05, 0.1) is 11.5 Å². The highest BCUT2D eigenvalue weighted by atomic mass is 16.6. The molecule has 3 rings (SSSR count). The van der Waals surface area contributed by atoms with E-state index in [4.69, 9.17) is 4.74 Å². The monoisotopic (exact) mass is 344 g/mol. The standard InChI is InChI=1S/C17H20N4O4/c1-25-12-13-5-4-9-19(11-13)17(22)14-8-10-20(18-14)15-6-2-3-7-16(15)21(23)24/h2-3,6-8,10,13H,4-5,9,11-12H2,1H3. The number of nitrogens with zero attached hydrogens (tertiary/aromatic N) is 4. The fourth-order valence-corrected chi connectivity index (χ4v) is 3.17. The van der Waals surface area contributed by atoms with E-state index in [1.54, 1.807) is 42.5 Å². The quantitative estimate of drug-likeness (QED) is 0.613. The number of piperidine rings is 1. The molecule has 0 aliphatic carbocycles. The summed E-state index contributed by atoms with van der Waals surface area (Å²) >= 11 is 0. The zero-order valence-corrected chi connectivity index (χ0v) is 14.0. The first kappa shape index (κ1) is 17.1. The van der Waals surface area contributed by atoms with E-state index in [2.05, 4.69) is 5.10 Å². The fraction of sp³-hybridized carbons (Fsp3) is 0.412. The Bertz CT molecular complexity index is 772. The maximum absolute atomic E-state index is 12.7. The van der Waals surface area contributed by atoms with Crippen molar-refractivity contribution in [2.45, 2.75) is 12.8 Å². The minimum Gasteiger partial charge on any atom is -0.384 e. The number of hydrogen-bond acceptors (Lipinski definition) is 5. The van der Waals surface area contributed by atoms with E-state index >= 15 is 0 Å². The molecule has 1 fully saturated rings. The van der Waals surface area contributed by atoms with Crippen LogP contribution in [0.4, 0.5) is 5.69 Å². The average Bonchev–Trinajstić information content (AvgIpc) is 3.11. The highest BCUT2D eigenvalue weighted by Gasteiger charge is 2.26. The van der Waals surface area contributed by atoms with Crippen LogP contribution in [-0.2, 0) is 4.74 Å². The van der Waals surface area contributed by atoms with Gasteiger partial charge in [0.2, 0.25) is 0 Å². The summed E-state index contributed by atoms with van der Waals surface area (Å²) < 4.78 is 6.57. The summed E-state index contributed by atoms with van der Waals surface area (Å²) in [5.74, 6) is 0.179. The number of likely N-dealkylation sites (tertiary alicyclic amines) is 1. The molecule has 25 heavy (non-hydrogen) atoms. The van der Waals surface area contributed by atoms with Gasteiger partial charge in [-0.15, -0.1) is 0 Å². The molecule has 132 valence electrons. The lowest BCUT2D eigenvalue weighted by molar-refractivity contribution is -0.384. The SMILES string of the molecule is COCC1CCCN(C(=O)c2ccn(-c3ccccc3[N+](=O)[O-])n2)C1. The zero-order chi connectivity index (χ0) is 17.8. The molecule has 1 atom stereocenters. The fourth-order valence-electron chi connectivity index (χ4n) is 3.17. The third kappa shape index (κ3) is 3.69. The van der Waals surface area contributed by atoms with E-state index < -0.39 is 4.92 Å². The number of hydrogen-bond donors (Lipinski definition) is 0. The molecule has 8 nitrogen and oxygen atoms in total. The van der Waals surface area contributed by atoms with Gasteiger partial charge in [-0.1, -0.05) is 12.1 Å². The molecular formula is C17H20N4O4. The molecular weight excluding hydrogens is 324 g/mol. The van der Waals surface area contributed by atoms with Gasteiger partial charge in [-0.3, -0.25) is 14.9 Å². The molecule has 0 N–H and O–H groups in total. The lowest BCUT2D eigenvalue weighted by Gasteiger charge is -2.31. The Morgan fingerprint density at radius 1 is 1.40 bits per heavy atom. The Balaban J connectivity index is 1.80. The number of benzene rings is 1. The molecule has 2 aromatic rings. The third-order valence-electron chi connectivity index (χ3n) is 4.34. The van der Waals surface area contributed by atoms with Crippen LogP contribution in [0.2, 0.25) is 0 Å². The molecule has 1 aliphatic heterocycles. The number of ether oxygens (including phenoxy) is 1. The molecule has 8 heteroatoms. The molecule has 1 aromatic carbocycles. The predicted molar refractivity (Wildman–Crippen MR) is 90.7 cm³/mol. The maximum Gasteiger partial charge on any atom is 0.294 e. The highest BCUT2D eigenvalue weighted by molar-refractivity contribution is 5.92. The summed E-state index contributed by atoms with van der Waals surface area (Å²) in [4.78, 5) is 25.2. The predicted octanol–water partition coefficient (Wildman–Crippen LogP) is 2.28. The number of aromatic nitrogens is 2. The van der Waals surface area contributed by atoms with Crippen molar-refractivity contribution in [3.8, 4) is 5.69 Å². The van der Waals surface area contributed by atoms with E-state index in [0.29, 0.717) is 31.3 Å². The summed E-state index contributed by atoms with van der Waals surface area (Å²) in [6.45, 7) is 1.97. The number of carbonyl (C=O) groups is 1. The molecule has 1 unspecified atom stereocenters. The van der Waals surface area contributed by atoms with Gasteiger partial charge in [-0.25, -0.2) is 4.68 Å². The van der Waals surface area contributed by atoms with Crippen molar-refractivity contribution in [3.05, 3.63) is 52.3 Å². The molecule has 1 aliphatic rings. The van der Waals surface area contributed by atoms with Crippen molar-refractivity contribution in [2.24, 2.45) is 5.92 Å². The van der Waals surface area contributed by atoms with E-state index in [0.717, 1.165) is 12.8 Å². The van der Waals surface area contributed by atoms with Crippen LogP contribution in [0.15, 0.2) is 36.5 Å². The molecule has 1 amide bonds. The number of amides is 1. The summed E-state index contributed by atoms with van der Waals surface area (Å²) in [6, 6.07) is 7.92. The number of rotatable bonds is 5. The van der Waals surface area contributed by atoms with Crippen molar-refractivity contribution in [1.82, 2.24) is 14.7 Å². The van der Waals surface area contributed by atoms with Crippen LogP contribution in [0.1, 0.15) is 23.3 Å². The van der Waals surface area contributed by atoms with Gasteiger partial charge in [0.1, 0.15) is 5.69 Å². The van der Waals surface area contributed by atoms with Crippen LogP contribution in [0.5, 0.6) is 0 Å². The largest absolute Gasteiger partial charge is 0.384 e. The highest BCUT2D eigenvalue weighted by Crippen LogP contribution is 2.23. The van der Waals surface area contributed by atoms with Crippen LogP contribution in [-0.4, -0.2) is 52.3 Å². The number of carbonyl (C=O) groups excluding carboxylic acids is 1. The van der Waals surface area contributed by atoms with Gasteiger partial charge in [0.15, 0.2) is 5.69 Å². The molecule has 0 radical (unpaired) electrons. The summed E-state index contributed by atoms with van der Waals surface area (Å²) in [7, 11) is 1.66. The topological polar surface area (TPSA) is 90.5 Å². The zero-order valence-electron chi connectivity index (χ0n) is 14.0. The van der Waals surface area contributed by atoms with Gasteiger partial charge < -0.3 is 9.64 Å². The van der Waals surface area contributed by atoms with Crippen LogP contribution in [0.3, 0.4) is 0 Å². The molecule has 0 saturated carbocycles. The number of methoxy groups -OCH3 is 1. The Labute approximate surface area is 145 Å². The molecule has 1 saturated heterocycles. The summed E-state index contributed by atoms with van der Waals surface area (Å²) in [5, 5.41) is 15.4. The van der Waals surface area contributed by atoms with Crippen LogP contribution in [0, 0.1) is 16.0 Å². The van der Waals surface area contributed by atoms with Crippen molar-refractivity contribution in [3.63, 3.8) is 0 Å². The lowest BCUT2D eigenvalue weighted by Crippen LogP contribution is -2.41. The minimum atomic E-state index is -0.460. The third-order valence-corrected chi connectivity index (χ3v) is 4.34. The van der Waals surface area contributed by atoms with Gasteiger partial charge in [0, 0.05) is 32.5 Å². The van der Waals surface area contributed by atoms with Crippen LogP contribution < -0.4 is 0 Å². The van der Waals surface area contributed by atoms with E-state index in [1.165, 1.54) is 10.7 Å². The first-order valence-corrected chi connectivity index (χ1v) is 8.18. The van der Waals surface area contributed by atoms with E-state index in [1.807, 2.05) is 0 Å². The van der Waals surface area contributed by atoms with E-state index in [9.17, 15) is 14.9 Å². The second-order valence-corrected chi connectivity index (χ2v) is 6.11. The molecule has 1 aromatic heterocycles. The Morgan fingerprint density at radius 2 is 2.20 bits per heavy atom. The average molecular weight is 344 g/mol. The second kappa shape index (κ2) is 7.43. The van der Waals surface area contributed by atoms with Gasteiger partial charge in [-0.2, -0.15) is 5.10 Å². The van der Waals surface area contributed by atoms with Crippen molar-refractivity contribution >= 4 is 11.6 Å². The lowest BCUT2D eigenvalue weighted by atomic mass is 9.99. The van der Waals surface area contributed by atoms with Gasteiger partial charge in [-0.05, 0) is 30.9 Å². The number of para-hydroxylation sites is 2. The molecule has 0 bridgehead atoms. The van der Waals surface area contributed by atoms with Crippen molar-refractivity contribution < 1.29 is 14.5 Å². The first-order chi connectivity index (χ1) is 12.1. The Morgan fingerprint density at radius 3 is 2.96 bits per heavy atom. The Kier molecular flexibility index (Phi) is 5.08. The summed E-state index contributed by atoms with van der Waals surface area (Å²) in [6.07, 6.45) is 3.55. The van der Waals surface area contributed by atoms with Crippen molar-refractivity contribution in [2.75, 3.05) is 26.8 Å². The first-order valence-electron chi connectivity index (χ1n) is 8.18. The van der Waals surface area contributed by atoms with Crippen LogP contribution in [0.25, 0.3) is 5.69 Å². The number of nitro benzene ring substituents is 1. The smallest absolute Gasteiger partial charge is 0.294 e.